The summed E-state index contributed by atoms with van der Waals surface area (Å²) < 4.78 is 0. The molecule has 0 radical (unpaired) electrons. The van der Waals surface area contributed by atoms with Gasteiger partial charge in [0.05, 0.1) is 10.0 Å². The predicted molar refractivity (Wildman–Crippen MR) is 90.3 cm³/mol. The van der Waals surface area contributed by atoms with Crippen molar-refractivity contribution in [3.8, 4) is 0 Å². The highest BCUT2D eigenvalue weighted by molar-refractivity contribution is 6.42. The van der Waals surface area contributed by atoms with Gasteiger partial charge in [0.25, 0.3) is 0 Å². The molecule has 3 nitrogen and oxygen atoms in total. The molecule has 2 aliphatic rings. The Bertz CT molecular complexity index is 576. The average Bonchev–Trinajstić information content (AvgIpc) is 3.29. The minimum atomic E-state index is 0.0581. The number of carbonyl (C=O) groups excluding carboxylic acids is 1. The quantitative estimate of drug-likeness (QED) is 0.912. The van der Waals surface area contributed by atoms with Crippen molar-refractivity contribution >= 4 is 29.1 Å². The minimum absolute atomic E-state index is 0.0581. The molecular weight excluding hydrogens is 319 g/mol. The van der Waals surface area contributed by atoms with Crippen LogP contribution in [0.2, 0.25) is 10.0 Å². The van der Waals surface area contributed by atoms with E-state index in [1.807, 2.05) is 24.0 Å². The van der Waals surface area contributed by atoms with Gasteiger partial charge in [0.2, 0.25) is 5.91 Å². The van der Waals surface area contributed by atoms with Crippen LogP contribution in [0.1, 0.15) is 37.7 Å². The molecule has 0 unspecified atom stereocenters. The summed E-state index contributed by atoms with van der Waals surface area (Å²) in [5.74, 6) is 0.952. The number of amides is 1. The van der Waals surface area contributed by atoms with Crippen molar-refractivity contribution in [2.45, 2.75) is 38.1 Å². The lowest BCUT2D eigenvalue weighted by Crippen LogP contribution is -2.45. The number of nitrogens with two attached hydrogens (primary N) is 1. The maximum Gasteiger partial charge on any atom is 0.226 e. The third-order valence-corrected chi connectivity index (χ3v) is 5.84. The summed E-state index contributed by atoms with van der Waals surface area (Å²) in [5, 5.41) is 1.16. The smallest absolute Gasteiger partial charge is 0.226 e. The van der Waals surface area contributed by atoms with E-state index in [1.54, 1.807) is 6.07 Å². The van der Waals surface area contributed by atoms with Gasteiger partial charge in [-0.1, -0.05) is 35.3 Å². The van der Waals surface area contributed by atoms with E-state index in [-0.39, 0.29) is 23.8 Å². The van der Waals surface area contributed by atoms with E-state index in [0.717, 1.165) is 37.9 Å². The molecule has 1 amide bonds. The Balaban J connectivity index is 1.66. The second-order valence-corrected chi connectivity index (χ2v) is 7.42. The van der Waals surface area contributed by atoms with Gasteiger partial charge in [-0.15, -0.1) is 0 Å². The third kappa shape index (κ3) is 3.12. The number of benzene rings is 1. The minimum Gasteiger partial charge on any atom is -0.342 e. The van der Waals surface area contributed by atoms with E-state index in [4.69, 9.17) is 28.9 Å². The number of hydrogen-bond donors (Lipinski definition) is 1. The first-order chi connectivity index (χ1) is 10.5. The molecule has 1 heterocycles. The summed E-state index contributed by atoms with van der Waals surface area (Å²) in [6.07, 6.45) is 3.04. The lowest BCUT2D eigenvalue weighted by molar-refractivity contribution is -0.134. The van der Waals surface area contributed by atoms with Crippen molar-refractivity contribution in [3.05, 3.63) is 33.8 Å². The summed E-state index contributed by atoms with van der Waals surface area (Å²) in [6, 6.07) is 5.81. The van der Waals surface area contributed by atoms with Crippen LogP contribution < -0.4 is 5.73 Å². The molecule has 3 rings (SSSR count). The van der Waals surface area contributed by atoms with Gasteiger partial charge >= 0.3 is 0 Å². The van der Waals surface area contributed by atoms with Crippen LogP contribution in [0, 0.1) is 11.8 Å². The molecule has 120 valence electrons. The molecule has 0 aromatic heterocycles. The Hall–Kier alpha value is -0.770. The van der Waals surface area contributed by atoms with Crippen molar-refractivity contribution in [3.63, 3.8) is 0 Å². The standard InChI is InChI=1S/C17H22Cl2N2O/c1-10(20)11-4-3-7-21(9-11)17(22)14-8-13(14)12-5-2-6-15(18)16(12)19/h2,5-6,10-11,13-14H,3-4,7-9,20H2,1H3/t10-,11+,13+,14+/m0/s1. The van der Waals surface area contributed by atoms with Gasteiger partial charge in [-0.2, -0.15) is 0 Å². The summed E-state index contributed by atoms with van der Waals surface area (Å²) in [7, 11) is 0. The Morgan fingerprint density at radius 3 is 2.91 bits per heavy atom. The van der Waals surface area contributed by atoms with Crippen LogP contribution in [0.25, 0.3) is 0 Å². The molecule has 1 aliphatic carbocycles. The van der Waals surface area contributed by atoms with Crippen molar-refractivity contribution in [2.75, 3.05) is 13.1 Å². The van der Waals surface area contributed by atoms with E-state index in [1.165, 1.54) is 0 Å². The van der Waals surface area contributed by atoms with E-state index in [0.29, 0.717) is 16.0 Å². The lowest BCUT2D eigenvalue weighted by Gasteiger charge is -2.35. The van der Waals surface area contributed by atoms with Gasteiger partial charge in [0.1, 0.15) is 0 Å². The molecular formula is C17H22Cl2N2O. The first-order valence-corrected chi connectivity index (χ1v) is 8.73. The molecule has 5 heteroatoms. The molecule has 1 aliphatic heterocycles. The van der Waals surface area contributed by atoms with Crippen LogP contribution in [0.15, 0.2) is 18.2 Å². The molecule has 1 aromatic carbocycles. The summed E-state index contributed by atoms with van der Waals surface area (Å²) in [4.78, 5) is 14.7. The summed E-state index contributed by atoms with van der Waals surface area (Å²) >= 11 is 12.3. The third-order valence-electron chi connectivity index (χ3n) is 5.00. The number of piperidine rings is 1. The van der Waals surface area contributed by atoms with Crippen LogP contribution in [0.5, 0.6) is 0 Å². The zero-order valence-corrected chi connectivity index (χ0v) is 14.3. The second kappa shape index (κ2) is 6.38. The molecule has 1 aromatic rings. The number of hydrogen-bond acceptors (Lipinski definition) is 2. The maximum absolute atomic E-state index is 12.7. The fourth-order valence-corrected chi connectivity index (χ4v) is 3.94. The molecule has 2 N–H and O–H groups in total. The second-order valence-electron chi connectivity index (χ2n) is 6.64. The molecule has 0 bridgehead atoms. The average molecular weight is 341 g/mol. The Kier molecular flexibility index (Phi) is 4.67. The van der Waals surface area contributed by atoms with Gasteiger partial charge in [-0.05, 0) is 49.7 Å². The Labute approximate surface area is 141 Å². The maximum atomic E-state index is 12.7. The number of carbonyl (C=O) groups is 1. The first kappa shape index (κ1) is 16.1. The molecule has 1 saturated heterocycles. The molecule has 22 heavy (non-hydrogen) atoms. The number of likely N-dealkylation sites (tertiary alicyclic amines) is 1. The topological polar surface area (TPSA) is 46.3 Å². The number of halogens is 2. The van der Waals surface area contributed by atoms with E-state index in [2.05, 4.69) is 0 Å². The fourth-order valence-electron chi connectivity index (χ4n) is 3.49. The Morgan fingerprint density at radius 1 is 1.41 bits per heavy atom. The van der Waals surface area contributed by atoms with Gasteiger partial charge in [0, 0.05) is 25.0 Å². The van der Waals surface area contributed by atoms with Gasteiger partial charge in [-0.3, -0.25) is 4.79 Å². The lowest BCUT2D eigenvalue weighted by atomic mass is 9.92. The van der Waals surface area contributed by atoms with Crippen LogP contribution in [-0.2, 0) is 4.79 Å². The Morgan fingerprint density at radius 2 is 2.18 bits per heavy atom. The van der Waals surface area contributed by atoms with E-state index < -0.39 is 0 Å². The van der Waals surface area contributed by atoms with Crippen molar-refractivity contribution < 1.29 is 4.79 Å². The predicted octanol–water partition coefficient (Wildman–Crippen LogP) is 3.68. The van der Waals surface area contributed by atoms with Crippen molar-refractivity contribution in [1.82, 2.24) is 4.90 Å². The number of nitrogens with zero attached hydrogens (tertiary/aromatic N) is 1. The van der Waals surface area contributed by atoms with Crippen molar-refractivity contribution in [1.29, 1.82) is 0 Å². The van der Waals surface area contributed by atoms with Crippen LogP contribution in [0.4, 0.5) is 0 Å². The molecule has 4 atom stereocenters. The van der Waals surface area contributed by atoms with Crippen LogP contribution >= 0.6 is 23.2 Å². The highest BCUT2D eigenvalue weighted by atomic mass is 35.5. The normalized spacial score (nSPS) is 29.3. The summed E-state index contributed by atoms with van der Waals surface area (Å²) in [6.45, 7) is 3.68. The largest absolute Gasteiger partial charge is 0.342 e. The van der Waals surface area contributed by atoms with Gasteiger partial charge in [0.15, 0.2) is 0 Å². The molecule has 1 saturated carbocycles. The van der Waals surface area contributed by atoms with Crippen LogP contribution in [-0.4, -0.2) is 29.9 Å². The number of rotatable bonds is 3. The zero-order chi connectivity index (χ0) is 15.9. The molecule has 2 fully saturated rings. The van der Waals surface area contributed by atoms with Gasteiger partial charge < -0.3 is 10.6 Å². The van der Waals surface area contributed by atoms with E-state index >= 15 is 0 Å². The first-order valence-electron chi connectivity index (χ1n) is 7.97. The van der Waals surface area contributed by atoms with Crippen molar-refractivity contribution in [2.24, 2.45) is 17.6 Å². The van der Waals surface area contributed by atoms with Crippen LogP contribution in [0.3, 0.4) is 0 Å². The highest BCUT2D eigenvalue weighted by Gasteiger charge is 2.47. The highest BCUT2D eigenvalue weighted by Crippen LogP contribution is 2.51. The monoisotopic (exact) mass is 340 g/mol. The zero-order valence-electron chi connectivity index (χ0n) is 12.8. The molecule has 0 spiro atoms. The van der Waals surface area contributed by atoms with E-state index in [9.17, 15) is 4.79 Å². The van der Waals surface area contributed by atoms with Gasteiger partial charge in [-0.25, -0.2) is 0 Å². The summed E-state index contributed by atoms with van der Waals surface area (Å²) in [5.41, 5.74) is 7.01. The fraction of sp³-hybridized carbons (Fsp3) is 0.588. The SMILES string of the molecule is C[C@H](N)[C@@H]1CCCN(C(=O)[C@@H]2C[C@@H]2c2cccc(Cl)c2Cl)C1.